The minimum absolute atomic E-state index is 0.0222. The van der Waals surface area contributed by atoms with E-state index >= 15 is 0 Å². The summed E-state index contributed by atoms with van der Waals surface area (Å²) in [4.78, 5) is 21.2. The zero-order chi connectivity index (χ0) is 14.5. The van der Waals surface area contributed by atoms with Gasteiger partial charge in [0.1, 0.15) is 12.2 Å². The number of nitro benzene ring substituents is 1. The summed E-state index contributed by atoms with van der Waals surface area (Å²) in [6.07, 6.45) is 7.31. The molecule has 6 heteroatoms. The average Bonchev–Trinajstić information content (AvgIpc) is 3.21. The van der Waals surface area contributed by atoms with Crippen molar-refractivity contribution in [2.75, 3.05) is 6.61 Å². The molecule has 1 aliphatic carbocycles. The van der Waals surface area contributed by atoms with Crippen LogP contribution in [-0.2, 0) is 0 Å². The summed E-state index contributed by atoms with van der Waals surface area (Å²) in [5.74, 6) is -0.590. The van der Waals surface area contributed by atoms with E-state index in [-0.39, 0.29) is 17.9 Å². The summed E-state index contributed by atoms with van der Waals surface area (Å²) >= 11 is 0. The summed E-state index contributed by atoms with van der Waals surface area (Å²) < 4.78 is 5.30. The minimum Gasteiger partial charge on any atom is -0.483 e. The molecule has 0 saturated heterocycles. The van der Waals surface area contributed by atoms with E-state index in [2.05, 4.69) is 0 Å². The molecule has 6 nitrogen and oxygen atoms in total. The second-order valence-electron chi connectivity index (χ2n) is 4.68. The first kappa shape index (κ1) is 14.0. The molecule has 0 atom stereocenters. The van der Waals surface area contributed by atoms with Crippen molar-refractivity contribution in [3.63, 3.8) is 0 Å². The van der Waals surface area contributed by atoms with Gasteiger partial charge in [-0.2, -0.15) is 0 Å². The predicted octanol–water partition coefficient (Wildman–Crippen LogP) is 3.03. The first-order valence-corrected chi connectivity index (χ1v) is 6.38. The lowest BCUT2D eigenvalue weighted by Crippen LogP contribution is -2.05. The van der Waals surface area contributed by atoms with E-state index in [1.165, 1.54) is 31.0 Å². The quantitative estimate of drug-likeness (QED) is 0.470. The number of nitro groups is 1. The molecule has 0 aromatic heterocycles. The van der Waals surface area contributed by atoms with Crippen LogP contribution >= 0.6 is 0 Å². The molecule has 0 bridgehead atoms. The van der Waals surface area contributed by atoms with E-state index in [1.54, 1.807) is 6.08 Å². The molecule has 2 rings (SSSR count). The van der Waals surface area contributed by atoms with Crippen molar-refractivity contribution in [3.8, 4) is 5.75 Å². The van der Waals surface area contributed by atoms with Gasteiger partial charge in [-0.1, -0.05) is 18.2 Å². The van der Waals surface area contributed by atoms with Crippen LogP contribution in [0.25, 0.3) is 0 Å². The standard InChI is InChI=1S/C14H15NO5/c16-14(17)11-5-3-6-12(13(11)15(18)19)20-9-2-1-4-10-7-8-10/h1-3,5-6,10H,4,7-9H2,(H,16,17)/b2-1+. The second kappa shape index (κ2) is 6.18. The molecule has 0 heterocycles. The van der Waals surface area contributed by atoms with Gasteiger partial charge in [-0.25, -0.2) is 4.79 Å². The van der Waals surface area contributed by atoms with Gasteiger partial charge in [0.25, 0.3) is 0 Å². The third-order valence-corrected chi connectivity index (χ3v) is 3.08. The lowest BCUT2D eigenvalue weighted by atomic mass is 10.1. The Hall–Kier alpha value is -2.37. The van der Waals surface area contributed by atoms with Crippen LogP contribution in [0.3, 0.4) is 0 Å². The lowest BCUT2D eigenvalue weighted by molar-refractivity contribution is -0.386. The van der Waals surface area contributed by atoms with Gasteiger partial charge < -0.3 is 9.84 Å². The number of carboxylic acid groups (broad SMARTS) is 1. The first-order valence-electron chi connectivity index (χ1n) is 6.38. The molecule has 0 amide bonds. The number of aromatic carboxylic acids is 1. The number of rotatable bonds is 7. The normalized spacial score (nSPS) is 14.4. The molecule has 1 aromatic rings. The lowest BCUT2D eigenvalue weighted by Gasteiger charge is -2.06. The molecule has 1 saturated carbocycles. The van der Waals surface area contributed by atoms with Crippen LogP contribution in [0.5, 0.6) is 5.75 Å². The molecule has 0 radical (unpaired) electrons. The van der Waals surface area contributed by atoms with Crippen LogP contribution in [0.1, 0.15) is 29.6 Å². The first-order chi connectivity index (χ1) is 9.59. The van der Waals surface area contributed by atoms with Gasteiger partial charge >= 0.3 is 11.7 Å². The predicted molar refractivity (Wildman–Crippen MR) is 72.0 cm³/mol. The Labute approximate surface area is 115 Å². The third kappa shape index (κ3) is 3.57. The van der Waals surface area contributed by atoms with Gasteiger partial charge in [-0.15, -0.1) is 0 Å². The number of nitrogens with zero attached hydrogens (tertiary/aromatic N) is 1. The summed E-state index contributed by atoms with van der Waals surface area (Å²) in [6, 6.07) is 4.02. The molecular weight excluding hydrogens is 262 g/mol. The van der Waals surface area contributed by atoms with Gasteiger partial charge in [-0.05, 0) is 37.3 Å². The number of carbonyl (C=O) groups is 1. The van der Waals surface area contributed by atoms with Gasteiger partial charge in [0.05, 0.1) is 4.92 Å². The number of carboxylic acids is 1. The Morgan fingerprint density at radius 2 is 2.20 bits per heavy atom. The third-order valence-electron chi connectivity index (χ3n) is 3.08. The summed E-state index contributed by atoms with van der Waals surface area (Å²) in [7, 11) is 0. The Bertz CT molecular complexity index is 548. The largest absolute Gasteiger partial charge is 0.483 e. The molecule has 20 heavy (non-hydrogen) atoms. The highest BCUT2D eigenvalue weighted by atomic mass is 16.6. The number of hydrogen-bond acceptors (Lipinski definition) is 4. The Kier molecular flexibility index (Phi) is 4.34. The fourth-order valence-corrected chi connectivity index (χ4v) is 1.85. The van der Waals surface area contributed by atoms with Crippen molar-refractivity contribution in [1.29, 1.82) is 0 Å². The van der Waals surface area contributed by atoms with Gasteiger partial charge in [0.2, 0.25) is 0 Å². The fourth-order valence-electron chi connectivity index (χ4n) is 1.85. The zero-order valence-corrected chi connectivity index (χ0v) is 10.8. The maximum atomic E-state index is 11.0. The molecule has 106 valence electrons. The zero-order valence-electron chi connectivity index (χ0n) is 10.8. The topological polar surface area (TPSA) is 89.7 Å². The highest BCUT2D eigenvalue weighted by Crippen LogP contribution is 2.33. The highest BCUT2D eigenvalue weighted by Gasteiger charge is 2.25. The molecule has 1 aromatic carbocycles. The molecule has 1 N–H and O–H groups in total. The van der Waals surface area contributed by atoms with Gasteiger partial charge in [-0.3, -0.25) is 10.1 Å². The van der Waals surface area contributed by atoms with Crippen LogP contribution in [0, 0.1) is 16.0 Å². The van der Waals surface area contributed by atoms with Crippen LogP contribution < -0.4 is 4.74 Å². The summed E-state index contributed by atoms with van der Waals surface area (Å²) in [5, 5.41) is 19.9. The molecule has 1 aliphatic rings. The van der Waals surface area contributed by atoms with E-state index in [1.807, 2.05) is 6.08 Å². The SMILES string of the molecule is O=C(O)c1cccc(OC/C=C/CC2CC2)c1[N+](=O)[O-]. The van der Waals surface area contributed by atoms with Crippen molar-refractivity contribution in [3.05, 3.63) is 46.0 Å². The van der Waals surface area contributed by atoms with E-state index in [9.17, 15) is 14.9 Å². The maximum absolute atomic E-state index is 11.0. The van der Waals surface area contributed by atoms with Crippen LogP contribution in [0.15, 0.2) is 30.4 Å². The van der Waals surface area contributed by atoms with E-state index < -0.39 is 16.6 Å². The highest BCUT2D eigenvalue weighted by molar-refractivity contribution is 5.93. The average molecular weight is 277 g/mol. The fraction of sp³-hybridized carbons (Fsp3) is 0.357. The summed E-state index contributed by atoms with van der Waals surface area (Å²) in [5.41, 5.74) is -0.870. The monoisotopic (exact) mass is 277 g/mol. The smallest absolute Gasteiger partial charge is 0.342 e. The molecule has 0 aliphatic heterocycles. The minimum atomic E-state index is -1.34. The second-order valence-corrected chi connectivity index (χ2v) is 4.68. The van der Waals surface area contributed by atoms with Gasteiger partial charge in [0, 0.05) is 0 Å². The van der Waals surface area contributed by atoms with Crippen LogP contribution in [0.4, 0.5) is 5.69 Å². The molecular formula is C14H15NO5. The van der Waals surface area contributed by atoms with Crippen LogP contribution in [0.2, 0.25) is 0 Å². The van der Waals surface area contributed by atoms with Crippen molar-refractivity contribution in [2.24, 2.45) is 5.92 Å². The van der Waals surface area contributed by atoms with Crippen molar-refractivity contribution < 1.29 is 19.6 Å². The maximum Gasteiger partial charge on any atom is 0.342 e. The van der Waals surface area contributed by atoms with Crippen LogP contribution in [-0.4, -0.2) is 22.6 Å². The molecule has 0 unspecified atom stereocenters. The molecule has 1 fully saturated rings. The Morgan fingerprint density at radius 1 is 1.45 bits per heavy atom. The number of allylic oxidation sites excluding steroid dienone is 1. The van der Waals surface area contributed by atoms with E-state index in [4.69, 9.17) is 9.84 Å². The number of benzene rings is 1. The molecule has 0 spiro atoms. The number of para-hydroxylation sites is 1. The summed E-state index contributed by atoms with van der Waals surface area (Å²) in [6.45, 7) is 0.191. The van der Waals surface area contributed by atoms with E-state index in [0.717, 1.165) is 12.3 Å². The van der Waals surface area contributed by atoms with E-state index in [0.29, 0.717) is 0 Å². The number of hydrogen-bond donors (Lipinski definition) is 1. The van der Waals surface area contributed by atoms with Gasteiger partial charge in [0.15, 0.2) is 5.75 Å². The van der Waals surface area contributed by atoms with Crippen molar-refractivity contribution in [1.82, 2.24) is 0 Å². The Morgan fingerprint density at radius 3 is 2.80 bits per heavy atom. The van der Waals surface area contributed by atoms with Crippen molar-refractivity contribution in [2.45, 2.75) is 19.3 Å². The Balaban J connectivity index is 2.05. The van der Waals surface area contributed by atoms with Crippen molar-refractivity contribution >= 4 is 11.7 Å². The number of ether oxygens (including phenoxy) is 1.